The van der Waals surface area contributed by atoms with Crippen molar-refractivity contribution < 1.29 is 19.5 Å². The Labute approximate surface area is 135 Å². The van der Waals surface area contributed by atoms with Crippen LogP contribution < -0.4 is 0 Å². The van der Waals surface area contributed by atoms with Crippen molar-refractivity contribution in [2.45, 2.75) is 25.2 Å². The quantitative estimate of drug-likeness (QED) is 0.727. The standard InChI is InChI=1S/C15H24N4O4/c1-11-16-14(23-17-11)15-9-18(5-7-21)4-2-12(15)8-19(10-15)13(22)3-6-20/h12,20-21H,2-10H2,1H3/t12-,15-/m0/s1. The Bertz CT molecular complexity index is 563. The number of nitrogens with zero attached hydrogens (tertiary/aromatic N) is 4. The average Bonchev–Trinajstić information content (AvgIpc) is 3.12. The number of carbonyl (C=O) groups excluding carboxylic acids is 1. The molecule has 3 heterocycles. The van der Waals surface area contributed by atoms with E-state index in [0.29, 0.717) is 37.9 Å². The second kappa shape index (κ2) is 6.54. The summed E-state index contributed by atoms with van der Waals surface area (Å²) in [6.45, 7) is 5.14. The number of aliphatic hydroxyl groups is 2. The second-order valence-corrected chi connectivity index (χ2v) is 6.54. The number of aliphatic hydroxyl groups excluding tert-OH is 2. The number of likely N-dealkylation sites (tertiary alicyclic amines) is 2. The van der Waals surface area contributed by atoms with Crippen LogP contribution in [0, 0.1) is 12.8 Å². The molecule has 2 atom stereocenters. The average molecular weight is 324 g/mol. The molecule has 2 aliphatic rings. The van der Waals surface area contributed by atoms with E-state index in [1.807, 2.05) is 4.90 Å². The first-order valence-corrected chi connectivity index (χ1v) is 8.11. The lowest BCUT2D eigenvalue weighted by Gasteiger charge is -2.41. The number of aryl methyl sites for hydroxylation is 1. The number of carbonyl (C=O) groups is 1. The Kier molecular flexibility index (Phi) is 4.65. The first-order chi connectivity index (χ1) is 11.1. The molecule has 0 aromatic carbocycles. The number of hydrogen-bond acceptors (Lipinski definition) is 7. The summed E-state index contributed by atoms with van der Waals surface area (Å²) in [5.74, 6) is 1.40. The van der Waals surface area contributed by atoms with E-state index in [9.17, 15) is 9.90 Å². The van der Waals surface area contributed by atoms with Crippen LogP contribution >= 0.6 is 0 Å². The fraction of sp³-hybridized carbons (Fsp3) is 0.800. The van der Waals surface area contributed by atoms with Gasteiger partial charge < -0.3 is 19.6 Å². The van der Waals surface area contributed by atoms with E-state index in [2.05, 4.69) is 15.0 Å². The molecule has 1 amide bonds. The Morgan fingerprint density at radius 1 is 1.39 bits per heavy atom. The molecular formula is C15H24N4O4. The molecule has 8 nitrogen and oxygen atoms in total. The van der Waals surface area contributed by atoms with Crippen LogP contribution in [0.3, 0.4) is 0 Å². The number of fused-ring (bicyclic) bond motifs is 1. The highest BCUT2D eigenvalue weighted by atomic mass is 16.5. The predicted octanol–water partition coefficient (Wildman–Crippen LogP) is -0.845. The van der Waals surface area contributed by atoms with Gasteiger partial charge in [-0.2, -0.15) is 4.98 Å². The summed E-state index contributed by atoms with van der Waals surface area (Å²) in [5.41, 5.74) is -0.375. The van der Waals surface area contributed by atoms with Gasteiger partial charge in [0.25, 0.3) is 0 Å². The highest BCUT2D eigenvalue weighted by molar-refractivity contribution is 5.77. The molecule has 0 bridgehead atoms. The number of amides is 1. The lowest BCUT2D eigenvalue weighted by Crippen LogP contribution is -2.52. The fourth-order valence-corrected chi connectivity index (χ4v) is 3.92. The third-order valence-corrected chi connectivity index (χ3v) is 5.04. The van der Waals surface area contributed by atoms with Crippen LogP contribution in [-0.4, -0.2) is 82.0 Å². The van der Waals surface area contributed by atoms with E-state index in [0.717, 1.165) is 13.0 Å². The van der Waals surface area contributed by atoms with Crippen molar-refractivity contribution in [2.24, 2.45) is 5.92 Å². The van der Waals surface area contributed by atoms with E-state index < -0.39 is 0 Å². The van der Waals surface area contributed by atoms with Gasteiger partial charge in [-0.25, -0.2) is 0 Å². The number of piperidine rings is 1. The molecular weight excluding hydrogens is 300 g/mol. The normalized spacial score (nSPS) is 28.1. The minimum atomic E-state index is -0.375. The lowest BCUT2D eigenvalue weighted by atomic mass is 9.73. The van der Waals surface area contributed by atoms with E-state index in [1.54, 1.807) is 6.92 Å². The Balaban J connectivity index is 1.88. The van der Waals surface area contributed by atoms with Crippen molar-refractivity contribution in [3.63, 3.8) is 0 Å². The van der Waals surface area contributed by atoms with Gasteiger partial charge in [0.05, 0.1) is 18.6 Å². The Morgan fingerprint density at radius 2 is 2.22 bits per heavy atom. The van der Waals surface area contributed by atoms with Gasteiger partial charge in [0, 0.05) is 32.6 Å². The van der Waals surface area contributed by atoms with Crippen molar-refractivity contribution >= 4 is 5.91 Å². The zero-order valence-electron chi connectivity index (χ0n) is 13.4. The molecule has 2 N–H and O–H groups in total. The van der Waals surface area contributed by atoms with E-state index in [-0.39, 0.29) is 36.9 Å². The molecule has 0 spiro atoms. The SMILES string of the molecule is Cc1noc([C@]23CN(CCO)CC[C@H]2CN(C(=O)CCO)C3)n1. The molecule has 1 aromatic rings. The minimum absolute atomic E-state index is 0.0359. The summed E-state index contributed by atoms with van der Waals surface area (Å²) in [6, 6.07) is 0. The number of β-amino-alcohol motifs (C(OH)–C–C–N with tert-alkyl or cyclic N) is 1. The van der Waals surface area contributed by atoms with Gasteiger partial charge in [0.1, 0.15) is 0 Å². The minimum Gasteiger partial charge on any atom is -0.396 e. The summed E-state index contributed by atoms with van der Waals surface area (Å²) in [5, 5.41) is 22.2. The first-order valence-electron chi connectivity index (χ1n) is 8.11. The maximum atomic E-state index is 12.2. The number of aromatic nitrogens is 2. The molecule has 0 radical (unpaired) electrons. The molecule has 8 heteroatoms. The monoisotopic (exact) mass is 324 g/mol. The van der Waals surface area contributed by atoms with E-state index in [4.69, 9.17) is 9.63 Å². The maximum absolute atomic E-state index is 12.2. The van der Waals surface area contributed by atoms with Crippen molar-refractivity contribution in [3.05, 3.63) is 11.7 Å². The predicted molar refractivity (Wildman–Crippen MR) is 80.6 cm³/mol. The first kappa shape index (κ1) is 16.4. The second-order valence-electron chi connectivity index (χ2n) is 6.54. The van der Waals surface area contributed by atoms with Gasteiger partial charge >= 0.3 is 0 Å². The summed E-state index contributed by atoms with van der Waals surface area (Å²) in [6.07, 6.45) is 1.07. The summed E-state index contributed by atoms with van der Waals surface area (Å²) >= 11 is 0. The fourth-order valence-electron chi connectivity index (χ4n) is 3.92. The van der Waals surface area contributed by atoms with Gasteiger partial charge in [-0.15, -0.1) is 0 Å². The molecule has 2 fully saturated rings. The van der Waals surface area contributed by atoms with Crippen LogP contribution in [0.15, 0.2) is 4.52 Å². The molecule has 2 saturated heterocycles. The van der Waals surface area contributed by atoms with Gasteiger partial charge in [0.2, 0.25) is 11.8 Å². The zero-order valence-corrected chi connectivity index (χ0v) is 13.4. The number of hydrogen-bond donors (Lipinski definition) is 2. The smallest absolute Gasteiger partial charge is 0.236 e. The topological polar surface area (TPSA) is 103 Å². The summed E-state index contributed by atoms with van der Waals surface area (Å²) < 4.78 is 5.49. The van der Waals surface area contributed by atoms with Crippen molar-refractivity contribution in [2.75, 3.05) is 45.9 Å². The third-order valence-electron chi connectivity index (χ3n) is 5.04. The lowest BCUT2D eigenvalue weighted by molar-refractivity contribution is -0.131. The maximum Gasteiger partial charge on any atom is 0.236 e. The Hall–Kier alpha value is -1.51. The van der Waals surface area contributed by atoms with Crippen molar-refractivity contribution in [1.29, 1.82) is 0 Å². The molecule has 1 aromatic heterocycles. The van der Waals surface area contributed by atoms with Crippen molar-refractivity contribution in [3.8, 4) is 0 Å². The molecule has 23 heavy (non-hydrogen) atoms. The Morgan fingerprint density at radius 3 is 2.87 bits per heavy atom. The molecule has 0 unspecified atom stereocenters. The molecule has 0 aliphatic carbocycles. The molecule has 0 saturated carbocycles. The van der Waals surface area contributed by atoms with Gasteiger partial charge in [0.15, 0.2) is 5.82 Å². The van der Waals surface area contributed by atoms with Crippen LogP contribution in [0.4, 0.5) is 0 Å². The molecule has 3 rings (SSSR count). The highest BCUT2D eigenvalue weighted by Crippen LogP contribution is 2.44. The highest BCUT2D eigenvalue weighted by Gasteiger charge is 2.55. The summed E-state index contributed by atoms with van der Waals surface area (Å²) in [7, 11) is 0. The largest absolute Gasteiger partial charge is 0.396 e. The van der Waals surface area contributed by atoms with Gasteiger partial charge in [-0.05, 0) is 25.8 Å². The van der Waals surface area contributed by atoms with Crippen LogP contribution in [0.1, 0.15) is 24.6 Å². The van der Waals surface area contributed by atoms with Crippen LogP contribution in [0.2, 0.25) is 0 Å². The zero-order chi connectivity index (χ0) is 16.4. The van der Waals surface area contributed by atoms with Gasteiger partial charge in [-0.1, -0.05) is 5.16 Å². The van der Waals surface area contributed by atoms with Crippen LogP contribution in [0.25, 0.3) is 0 Å². The number of rotatable bonds is 5. The van der Waals surface area contributed by atoms with E-state index >= 15 is 0 Å². The van der Waals surface area contributed by atoms with Gasteiger partial charge in [-0.3, -0.25) is 9.69 Å². The third kappa shape index (κ3) is 2.98. The molecule has 128 valence electrons. The van der Waals surface area contributed by atoms with Crippen LogP contribution in [-0.2, 0) is 10.2 Å². The van der Waals surface area contributed by atoms with Crippen molar-refractivity contribution in [1.82, 2.24) is 19.9 Å². The summed E-state index contributed by atoms with van der Waals surface area (Å²) in [4.78, 5) is 20.7. The molecule has 2 aliphatic heterocycles. The van der Waals surface area contributed by atoms with E-state index in [1.165, 1.54) is 0 Å². The van der Waals surface area contributed by atoms with Crippen LogP contribution in [0.5, 0.6) is 0 Å².